The van der Waals surface area contributed by atoms with Crippen molar-refractivity contribution in [3.63, 3.8) is 0 Å². The lowest BCUT2D eigenvalue weighted by Gasteiger charge is -2.32. The second kappa shape index (κ2) is 8.18. The molecule has 0 saturated carbocycles. The second-order valence-corrected chi connectivity index (χ2v) is 7.82. The number of benzene rings is 1. The number of hydrogen-bond donors (Lipinski definition) is 0. The molecule has 1 aliphatic heterocycles. The van der Waals surface area contributed by atoms with Crippen LogP contribution in [0.5, 0.6) is 0 Å². The predicted octanol–water partition coefficient (Wildman–Crippen LogP) is 5.27. The smallest absolute Gasteiger partial charge is 0.273 e. The Hall–Kier alpha value is -1.61. The van der Waals surface area contributed by atoms with Crippen molar-refractivity contribution in [1.29, 1.82) is 5.26 Å². The Morgan fingerprint density at radius 3 is 3.04 bits per heavy atom. The van der Waals surface area contributed by atoms with Crippen molar-refractivity contribution in [3.8, 4) is 16.6 Å². The van der Waals surface area contributed by atoms with Crippen LogP contribution in [0, 0.1) is 17.2 Å². The molecule has 1 atom stereocenters. The number of carbonyl (C=O) groups is 1. The summed E-state index contributed by atoms with van der Waals surface area (Å²) in [4.78, 5) is 19.1. The van der Waals surface area contributed by atoms with Crippen LogP contribution in [0.4, 0.5) is 0 Å². The Kier molecular flexibility index (Phi) is 5.95. The number of amides is 1. The average molecular weight is 394 g/mol. The summed E-state index contributed by atoms with van der Waals surface area (Å²) in [5.41, 5.74) is 1.23. The number of carbonyl (C=O) groups excluding carboxylic acids is 1. The molecule has 0 aliphatic carbocycles. The van der Waals surface area contributed by atoms with Crippen LogP contribution < -0.4 is 0 Å². The molecule has 1 amide bonds. The molecule has 2 aromatic rings. The summed E-state index contributed by atoms with van der Waals surface area (Å²) in [6.45, 7) is 1.45. The van der Waals surface area contributed by atoms with Gasteiger partial charge in [0.2, 0.25) is 0 Å². The molecule has 130 valence electrons. The molecule has 1 saturated heterocycles. The maximum atomic E-state index is 12.8. The summed E-state index contributed by atoms with van der Waals surface area (Å²) >= 11 is 13.6. The third kappa shape index (κ3) is 4.33. The molecule has 4 nitrogen and oxygen atoms in total. The van der Waals surface area contributed by atoms with E-state index in [9.17, 15) is 4.79 Å². The molecule has 2 heterocycles. The van der Waals surface area contributed by atoms with Crippen molar-refractivity contribution in [2.75, 3.05) is 13.1 Å². The molecular weight excluding hydrogens is 377 g/mol. The summed E-state index contributed by atoms with van der Waals surface area (Å²) in [5, 5.41) is 12.3. The van der Waals surface area contributed by atoms with Gasteiger partial charge in [-0.2, -0.15) is 5.26 Å². The van der Waals surface area contributed by atoms with Crippen LogP contribution in [-0.2, 0) is 0 Å². The fraction of sp³-hybridized carbons (Fsp3) is 0.389. The molecule has 0 N–H and O–H groups in total. The maximum Gasteiger partial charge on any atom is 0.273 e. The fourth-order valence-electron chi connectivity index (χ4n) is 3.07. The van der Waals surface area contributed by atoms with Gasteiger partial charge in [0.1, 0.15) is 10.7 Å². The molecule has 0 unspecified atom stereocenters. The van der Waals surface area contributed by atoms with E-state index in [1.54, 1.807) is 17.5 Å². The normalized spacial score (nSPS) is 17.3. The molecule has 1 aromatic heterocycles. The van der Waals surface area contributed by atoms with Gasteiger partial charge >= 0.3 is 0 Å². The Morgan fingerprint density at radius 1 is 1.44 bits per heavy atom. The molecule has 7 heteroatoms. The van der Waals surface area contributed by atoms with Gasteiger partial charge in [-0.25, -0.2) is 4.98 Å². The third-order valence-electron chi connectivity index (χ3n) is 4.36. The first-order valence-electron chi connectivity index (χ1n) is 8.15. The van der Waals surface area contributed by atoms with Crippen LogP contribution in [0.15, 0.2) is 23.6 Å². The van der Waals surface area contributed by atoms with E-state index >= 15 is 0 Å². The Balaban J connectivity index is 1.73. The molecule has 0 spiro atoms. The lowest BCUT2D eigenvalue weighted by molar-refractivity contribution is 0.0664. The van der Waals surface area contributed by atoms with E-state index in [1.165, 1.54) is 11.3 Å². The number of aromatic nitrogens is 1. The van der Waals surface area contributed by atoms with Gasteiger partial charge in [0, 0.05) is 35.5 Å². The Morgan fingerprint density at radius 2 is 2.28 bits per heavy atom. The van der Waals surface area contributed by atoms with Gasteiger partial charge in [0.15, 0.2) is 0 Å². The molecule has 25 heavy (non-hydrogen) atoms. The predicted molar refractivity (Wildman–Crippen MR) is 101 cm³/mol. The molecular formula is C18H17Cl2N3OS. The molecule has 0 radical (unpaired) electrons. The summed E-state index contributed by atoms with van der Waals surface area (Å²) in [7, 11) is 0. The van der Waals surface area contributed by atoms with Crippen LogP contribution in [0.1, 0.15) is 36.2 Å². The van der Waals surface area contributed by atoms with Crippen LogP contribution in [0.25, 0.3) is 10.6 Å². The summed E-state index contributed by atoms with van der Waals surface area (Å²) in [5.74, 6) is 0.357. The van der Waals surface area contributed by atoms with E-state index < -0.39 is 0 Å². The van der Waals surface area contributed by atoms with E-state index in [0.717, 1.165) is 31.4 Å². The van der Waals surface area contributed by atoms with E-state index in [0.29, 0.717) is 39.6 Å². The van der Waals surface area contributed by atoms with Crippen molar-refractivity contribution in [2.24, 2.45) is 5.92 Å². The van der Waals surface area contributed by atoms with Gasteiger partial charge in [-0.1, -0.05) is 23.2 Å². The first kappa shape index (κ1) is 18.2. The van der Waals surface area contributed by atoms with Crippen molar-refractivity contribution < 1.29 is 4.79 Å². The topological polar surface area (TPSA) is 57.0 Å². The van der Waals surface area contributed by atoms with Gasteiger partial charge in [-0.15, -0.1) is 11.3 Å². The first-order valence-corrected chi connectivity index (χ1v) is 9.79. The van der Waals surface area contributed by atoms with Crippen molar-refractivity contribution in [3.05, 3.63) is 39.3 Å². The fourth-order valence-corrected chi connectivity index (χ4v) is 4.46. The van der Waals surface area contributed by atoms with Crippen LogP contribution in [0.2, 0.25) is 10.0 Å². The highest BCUT2D eigenvalue weighted by atomic mass is 35.5. The van der Waals surface area contributed by atoms with Crippen molar-refractivity contribution >= 4 is 40.4 Å². The van der Waals surface area contributed by atoms with E-state index in [4.69, 9.17) is 28.5 Å². The quantitative estimate of drug-likeness (QED) is 0.710. The zero-order valence-corrected chi connectivity index (χ0v) is 15.9. The Labute approximate surface area is 161 Å². The minimum absolute atomic E-state index is 0.0470. The van der Waals surface area contributed by atoms with Crippen LogP contribution in [-0.4, -0.2) is 28.9 Å². The number of rotatable bonds is 4. The zero-order chi connectivity index (χ0) is 17.8. The second-order valence-electron chi connectivity index (χ2n) is 6.12. The largest absolute Gasteiger partial charge is 0.337 e. The van der Waals surface area contributed by atoms with E-state index in [-0.39, 0.29) is 5.91 Å². The van der Waals surface area contributed by atoms with Gasteiger partial charge in [-0.3, -0.25) is 4.79 Å². The minimum Gasteiger partial charge on any atom is -0.337 e. The molecule has 1 fully saturated rings. The molecule has 1 aliphatic rings. The minimum atomic E-state index is -0.0470. The number of hydrogen-bond acceptors (Lipinski definition) is 4. The molecule has 3 rings (SSSR count). The number of halogens is 2. The van der Waals surface area contributed by atoms with Gasteiger partial charge in [0.25, 0.3) is 5.91 Å². The standard InChI is InChI=1S/C18H17Cl2N3OS/c19-13-5-6-14(15(20)9-13)17-22-16(11-25-17)18(24)23-8-2-4-12(10-23)3-1-7-21/h5-6,9,11-12H,1-4,8,10H2/t12-/m1/s1. The number of nitrogens with zero attached hydrogens (tertiary/aromatic N) is 3. The monoisotopic (exact) mass is 393 g/mol. The molecule has 0 bridgehead atoms. The number of likely N-dealkylation sites (tertiary alicyclic amines) is 1. The van der Waals surface area contributed by atoms with Crippen LogP contribution >= 0.6 is 34.5 Å². The lowest BCUT2D eigenvalue weighted by Crippen LogP contribution is -2.40. The van der Waals surface area contributed by atoms with Crippen LogP contribution in [0.3, 0.4) is 0 Å². The highest BCUT2D eigenvalue weighted by Crippen LogP contribution is 2.33. The number of nitriles is 1. The summed E-state index contributed by atoms with van der Waals surface area (Å²) < 4.78 is 0. The van der Waals surface area contributed by atoms with Gasteiger partial charge in [-0.05, 0) is 43.4 Å². The first-order chi connectivity index (χ1) is 12.1. The van der Waals surface area contributed by atoms with E-state index in [1.807, 2.05) is 11.0 Å². The van der Waals surface area contributed by atoms with E-state index in [2.05, 4.69) is 11.1 Å². The number of piperidine rings is 1. The summed E-state index contributed by atoms with van der Waals surface area (Å²) in [6, 6.07) is 7.43. The SMILES string of the molecule is N#CCC[C@@H]1CCCN(C(=O)c2csc(-c3ccc(Cl)cc3Cl)n2)C1. The number of thiazole rings is 1. The molecule has 1 aromatic carbocycles. The highest BCUT2D eigenvalue weighted by molar-refractivity contribution is 7.13. The maximum absolute atomic E-state index is 12.8. The average Bonchev–Trinajstić information content (AvgIpc) is 3.09. The Bertz CT molecular complexity index is 815. The van der Waals surface area contributed by atoms with Gasteiger partial charge in [0.05, 0.1) is 11.1 Å². The van der Waals surface area contributed by atoms with Crippen molar-refractivity contribution in [2.45, 2.75) is 25.7 Å². The third-order valence-corrected chi connectivity index (χ3v) is 5.78. The highest BCUT2D eigenvalue weighted by Gasteiger charge is 2.26. The lowest BCUT2D eigenvalue weighted by atomic mass is 9.93. The zero-order valence-electron chi connectivity index (χ0n) is 13.5. The van der Waals surface area contributed by atoms with Gasteiger partial charge < -0.3 is 4.90 Å². The summed E-state index contributed by atoms with van der Waals surface area (Å²) in [6.07, 6.45) is 3.45. The van der Waals surface area contributed by atoms with Crippen molar-refractivity contribution in [1.82, 2.24) is 9.88 Å².